The number of hydroxylamine groups is 2. The Morgan fingerprint density at radius 2 is 1.88 bits per heavy atom. The molecule has 0 bridgehead atoms. The van der Waals surface area contributed by atoms with Crippen molar-refractivity contribution < 1.29 is 18.4 Å². The molecule has 3 N–H and O–H groups in total. The van der Waals surface area contributed by atoms with E-state index < -0.39 is 23.7 Å². The number of benzene rings is 2. The SMILES string of the molecule is Cc1ccc(-c2ccc3nc(N)nn3c2)cc1NC(=O)N1OCCC[C@H]1c1cc(F)cc(F)c1. The average molecular weight is 464 g/mol. The third-order valence-electron chi connectivity index (χ3n) is 5.77. The number of hydrogen-bond donors (Lipinski definition) is 2. The van der Waals surface area contributed by atoms with E-state index in [1.807, 2.05) is 31.2 Å². The number of carbonyl (C=O) groups is 1. The number of carbonyl (C=O) groups excluding carboxylic acids is 1. The van der Waals surface area contributed by atoms with E-state index in [1.54, 1.807) is 16.8 Å². The molecule has 0 spiro atoms. The fourth-order valence-electron chi connectivity index (χ4n) is 4.09. The van der Waals surface area contributed by atoms with E-state index in [0.29, 0.717) is 36.3 Å². The lowest BCUT2D eigenvalue weighted by atomic mass is 10.0. The Bertz CT molecular complexity index is 1370. The molecule has 2 aromatic heterocycles. The Labute approximate surface area is 193 Å². The summed E-state index contributed by atoms with van der Waals surface area (Å²) in [5, 5.41) is 8.18. The van der Waals surface area contributed by atoms with Crippen molar-refractivity contribution in [1.82, 2.24) is 19.7 Å². The quantitative estimate of drug-likeness (QED) is 0.451. The van der Waals surface area contributed by atoms with E-state index in [-0.39, 0.29) is 5.95 Å². The summed E-state index contributed by atoms with van der Waals surface area (Å²) in [6.07, 6.45) is 2.99. The minimum absolute atomic E-state index is 0.184. The van der Waals surface area contributed by atoms with Gasteiger partial charge in [0.25, 0.3) is 0 Å². The van der Waals surface area contributed by atoms with Crippen molar-refractivity contribution in [3.05, 3.63) is 77.5 Å². The molecule has 0 saturated carbocycles. The van der Waals surface area contributed by atoms with Crippen LogP contribution in [0.4, 0.5) is 25.2 Å². The number of nitrogens with one attached hydrogen (secondary N) is 1. The number of nitrogens with two attached hydrogens (primary N) is 1. The number of aryl methyl sites for hydroxylation is 1. The number of aromatic nitrogens is 3. The molecule has 10 heteroatoms. The molecule has 1 atom stereocenters. The Morgan fingerprint density at radius 1 is 1.12 bits per heavy atom. The van der Waals surface area contributed by atoms with Gasteiger partial charge in [-0.15, -0.1) is 5.10 Å². The van der Waals surface area contributed by atoms with Crippen LogP contribution in [0.15, 0.2) is 54.7 Å². The van der Waals surface area contributed by atoms with Crippen LogP contribution in [0.3, 0.4) is 0 Å². The second-order valence-electron chi connectivity index (χ2n) is 8.17. The van der Waals surface area contributed by atoms with E-state index in [9.17, 15) is 13.6 Å². The van der Waals surface area contributed by atoms with Crippen molar-refractivity contribution in [2.24, 2.45) is 0 Å². The Kier molecular flexibility index (Phi) is 5.58. The molecular weight excluding hydrogens is 442 g/mol. The molecule has 2 amide bonds. The molecule has 5 rings (SSSR count). The van der Waals surface area contributed by atoms with Gasteiger partial charge in [-0.25, -0.2) is 18.1 Å². The fourth-order valence-corrected chi connectivity index (χ4v) is 4.09. The van der Waals surface area contributed by atoms with Gasteiger partial charge in [0.2, 0.25) is 5.95 Å². The van der Waals surface area contributed by atoms with Crippen molar-refractivity contribution >= 4 is 23.3 Å². The molecular formula is C24H22F2N6O2. The van der Waals surface area contributed by atoms with Crippen LogP contribution in [-0.4, -0.2) is 32.3 Å². The number of fused-ring (bicyclic) bond motifs is 1. The third-order valence-corrected chi connectivity index (χ3v) is 5.77. The normalized spacial score (nSPS) is 16.1. The minimum Gasteiger partial charge on any atom is -0.366 e. The van der Waals surface area contributed by atoms with Crippen molar-refractivity contribution in [2.45, 2.75) is 25.8 Å². The molecule has 2 aromatic carbocycles. The van der Waals surface area contributed by atoms with Crippen molar-refractivity contribution in [3.8, 4) is 11.1 Å². The first kappa shape index (κ1) is 21.8. The zero-order valence-electron chi connectivity index (χ0n) is 18.3. The topological polar surface area (TPSA) is 97.8 Å². The highest BCUT2D eigenvalue weighted by Gasteiger charge is 2.30. The van der Waals surface area contributed by atoms with E-state index >= 15 is 0 Å². The average Bonchev–Trinajstić information content (AvgIpc) is 3.19. The van der Waals surface area contributed by atoms with Crippen molar-refractivity contribution in [3.63, 3.8) is 0 Å². The first-order chi connectivity index (χ1) is 16.4. The first-order valence-electron chi connectivity index (χ1n) is 10.8. The second kappa shape index (κ2) is 8.71. The third kappa shape index (κ3) is 4.27. The zero-order valence-corrected chi connectivity index (χ0v) is 18.3. The fraction of sp³-hybridized carbons (Fsp3) is 0.208. The van der Waals surface area contributed by atoms with Crippen LogP contribution >= 0.6 is 0 Å². The van der Waals surface area contributed by atoms with E-state index in [1.165, 1.54) is 12.1 Å². The largest absolute Gasteiger partial charge is 0.366 e. The summed E-state index contributed by atoms with van der Waals surface area (Å²) in [6.45, 7) is 2.21. The number of nitrogen functional groups attached to an aromatic ring is 1. The van der Waals surface area contributed by atoms with Crippen LogP contribution in [0.2, 0.25) is 0 Å². The summed E-state index contributed by atoms with van der Waals surface area (Å²) in [6, 6.07) is 11.5. The smallest absolute Gasteiger partial charge is 0.346 e. The standard InChI is InChI=1S/C24H22F2N6O2/c1-14-4-5-15(16-6-7-22-29-23(27)30-31(22)13-16)11-20(14)28-24(33)32-21(3-2-8-34-32)17-9-18(25)12-19(26)10-17/h4-7,9-13,21H,2-3,8H2,1H3,(H2,27,30)(H,28,33)/t21-/m0/s1. The molecule has 174 valence electrons. The lowest BCUT2D eigenvalue weighted by Gasteiger charge is -2.34. The van der Waals surface area contributed by atoms with E-state index in [4.69, 9.17) is 10.6 Å². The summed E-state index contributed by atoms with van der Waals surface area (Å²) < 4.78 is 29.2. The summed E-state index contributed by atoms with van der Waals surface area (Å²) in [4.78, 5) is 22.9. The van der Waals surface area contributed by atoms with Crippen LogP contribution in [0, 0.1) is 18.6 Å². The zero-order chi connectivity index (χ0) is 23.8. The van der Waals surface area contributed by atoms with Crippen LogP contribution in [0.25, 0.3) is 16.8 Å². The highest BCUT2D eigenvalue weighted by atomic mass is 19.1. The molecule has 1 saturated heterocycles. The van der Waals surface area contributed by atoms with Gasteiger partial charge in [0.05, 0.1) is 12.6 Å². The van der Waals surface area contributed by atoms with Crippen molar-refractivity contribution in [2.75, 3.05) is 17.7 Å². The number of nitrogens with zero attached hydrogens (tertiary/aromatic N) is 4. The van der Waals surface area contributed by atoms with Gasteiger partial charge in [-0.05, 0) is 66.8 Å². The highest BCUT2D eigenvalue weighted by molar-refractivity contribution is 5.91. The maximum Gasteiger partial charge on any atom is 0.346 e. The number of halogens is 2. The maximum atomic E-state index is 13.8. The molecule has 0 unspecified atom stereocenters. The van der Waals surface area contributed by atoms with Gasteiger partial charge in [0.15, 0.2) is 5.65 Å². The summed E-state index contributed by atoms with van der Waals surface area (Å²) in [5.41, 5.74) is 9.77. The number of hydrogen-bond acceptors (Lipinski definition) is 5. The van der Waals surface area contributed by atoms with Crippen LogP contribution < -0.4 is 11.1 Å². The number of urea groups is 1. The van der Waals surface area contributed by atoms with Gasteiger partial charge in [0.1, 0.15) is 11.6 Å². The maximum absolute atomic E-state index is 13.8. The van der Waals surface area contributed by atoms with Crippen LogP contribution in [0.1, 0.15) is 30.0 Å². The van der Waals surface area contributed by atoms with Crippen LogP contribution in [0.5, 0.6) is 0 Å². The molecule has 0 radical (unpaired) electrons. The highest BCUT2D eigenvalue weighted by Crippen LogP contribution is 2.32. The second-order valence-corrected chi connectivity index (χ2v) is 8.17. The van der Waals surface area contributed by atoms with E-state index in [0.717, 1.165) is 27.8 Å². The van der Waals surface area contributed by atoms with Gasteiger partial charge in [0, 0.05) is 23.5 Å². The van der Waals surface area contributed by atoms with Gasteiger partial charge in [-0.3, -0.25) is 4.84 Å². The summed E-state index contributed by atoms with van der Waals surface area (Å²) >= 11 is 0. The molecule has 3 heterocycles. The van der Waals surface area contributed by atoms with E-state index in [2.05, 4.69) is 15.4 Å². The van der Waals surface area contributed by atoms with Gasteiger partial charge >= 0.3 is 6.03 Å². The number of pyridine rings is 1. The summed E-state index contributed by atoms with van der Waals surface area (Å²) in [7, 11) is 0. The Hall–Kier alpha value is -4.05. The minimum atomic E-state index is -0.699. The van der Waals surface area contributed by atoms with Gasteiger partial charge in [-0.1, -0.05) is 12.1 Å². The molecule has 0 aliphatic carbocycles. The predicted octanol–water partition coefficient (Wildman–Crippen LogP) is 4.87. The molecule has 1 aliphatic rings. The predicted molar refractivity (Wildman–Crippen MR) is 123 cm³/mol. The Morgan fingerprint density at radius 3 is 2.68 bits per heavy atom. The first-order valence-corrected chi connectivity index (χ1v) is 10.8. The molecule has 8 nitrogen and oxygen atoms in total. The molecule has 34 heavy (non-hydrogen) atoms. The van der Waals surface area contributed by atoms with Gasteiger partial charge in [-0.2, -0.15) is 10.0 Å². The molecule has 1 aliphatic heterocycles. The van der Waals surface area contributed by atoms with Crippen molar-refractivity contribution in [1.29, 1.82) is 0 Å². The summed E-state index contributed by atoms with van der Waals surface area (Å²) in [5.74, 6) is -1.21. The van der Waals surface area contributed by atoms with Gasteiger partial charge < -0.3 is 11.1 Å². The lowest BCUT2D eigenvalue weighted by molar-refractivity contribution is -0.169. The molecule has 4 aromatic rings. The number of anilines is 2. The number of rotatable bonds is 3. The Balaban J connectivity index is 1.42. The molecule has 1 fully saturated rings. The lowest BCUT2D eigenvalue weighted by Crippen LogP contribution is -2.41. The number of amides is 2. The monoisotopic (exact) mass is 464 g/mol. The van der Waals surface area contributed by atoms with Crippen LogP contribution in [-0.2, 0) is 4.84 Å².